The molecule has 1 heterocycles. The summed E-state index contributed by atoms with van der Waals surface area (Å²) in [6.07, 6.45) is 7.32. The van der Waals surface area contributed by atoms with Crippen molar-refractivity contribution >= 4 is 11.4 Å². The highest BCUT2D eigenvalue weighted by Gasteiger charge is 2.20. The molecule has 0 atom stereocenters. The van der Waals surface area contributed by atoms with Crippen molar-refractivity contribution in [2.45, 2.75) is 25.8 Å². The van der Waals surface area contributed by atoms with Gasteiger partial charge in [0.2, 0.25) is 0 Å². The van der Waals surface area contributed by atoms with Gasteiger partial charge in [0.15, 0.2) is 0 Å². The zero-order chi connectivity index (χ0) is 14.5. The normalized spacial score (nSPS) is 16.6. The van der Waals surface area contributed by atoms with Gasteiger partial charge >= 0.3 is 0 Å². The predicted octanol–water partition coefficient (Wildman–Crippen LogP) is 2.41. The van der Waals surface area contributed by atoms with Crippen molar-refractivity contribution < 1.29 is 4.92 Å². The van der Waals surface area contributed by atoms with Crippen LogP contribution in [0.3, 0.4) is 0 Å². The van der Waals surface area contributed by atoms with Crippen LogP contribution in [0.25, 0.3) is 0 Å². The van der Waals surface area contributed by atoms with Crippen LogP contribution in [-0.4, -0.2) is 35.5 Å². The Morgan fingerprint density at radius 1 is 1.50 bits per heavy atom. The second-order valence-corrected chi connectivity index (χ2v) is 5.11. The molecule has 0 amide bonds. The first kappa shape index (κ1) is 14.4. The van der Waals surface area contributed by atoms with E-state index in [9.17, 15) is 10.1 Å². The number of hydrogen-bond acceptors (Lipinski definition) is 4. The second-order valence-electron chi connectivity index (χ2n) is 5.11. The van der Waals surface area contributed by atoms with Gasteiger partial charge in [-0.25, -0.2) is 0 Å². The van der Waals surface area contributed by atoms with Crippen LogP contribution in [-0.2, 0) is 0 Å². The molecule has 1 aromatic carbocycles. The highest BCUT2D eigenvalue weighted by Crippen LogP contribution is 2.27. The molecule has 5 nitrogen and oxygen atoms in total. The van der Waals surface area contributed by atoms with E-state index in [1.165, 1.54) is 6.07 Å². The van der Waals surface area contributed by atoms with Crippen LogP contribution in [0.1, 0.15) is 18.4 Å². The lowest BCUT2D eigenvalue weighted by Crippen LogP contribution is -2.39. The number of nitro groups is 1. The number of nitrogens with one attached hydrogen (secondary N) is 1. The lowest BCUT2D eigenvalue weighted by molar-refractivity contribution is -0.385. The summed E-state index contributed by atoms with van der Waals surface area (Å²) < 4.78 is 0. The van der Waals surface area contributed by atoms with Crippen LogP contribution < -0.4 is 5.32 Å². The lowest BCUT2D eigenvalue weighted by Gasteiger charge is -2.31. The van der Waals surface area contributed by atoms with Crippen molar-refractivity contribution in [1.82, 2.24) is 4.90 Å². The van der Waals surface area contributed by atoms with Crippen LogP contribution in [0.5, 0.6) is 0 Å². The van der Waals surface area contributed by atoms with E-state index in [-0.39, 0.29) is 10.6 Å². The quantitative estimate of drug-likeness (QED) is 0.520. The Bertz CT molecular complexity index is 528. The standard InChI is InChI=1S/C15H19N3O2/c1-3-9-17-10-7-13(8-11-17)16-14-5-4-6-15(12(14)2)18(19)20/h1,4-6,13,16H,7-11H2,2H3. The van der Waals surface area contributed by atoms with E-state index in [1.54, 1.807) is 13.0 Å². The Labute approximate surface area is 119 Å². The van der Waals surface area contributed by atoms with Crippen molar-refractivity contribution in [2.24, 2.45) is 0 Å². The van der Waals surface area contributed by atoms with Gasteiger partial charge in [-0.15, -0.1) is 6.42 Å². The SMILES string of the molecule is C#CCN1CCC(Nc2cccc([N+](=O)[O-])c2C)CC1. The Morgan fingerprint density at radius 2 is 2.20 bits per heavy atom. The molecule has 1 saturated heterocycles. The summed E-state index contributed by atoms with van der Waals surface area (Å²) in [5, 5.41) is 14.4. The number of benzene rings is 1. The number of rotatable bonds is 4. The molecule has 106 valence electrons. The van der Waals surface area contributed by atoms with Crippen molar-refractivity contribution in [3.05, 3.63) is 33.9 Å². The summed E-state index contributed by atoms with van der Waals surface area (Å²) in [5.74, 6) is 2.66. The number of hydrogen-bond donors (Lipinski definition) is 1. The van der Waals surface area contributed by atoms with E-state index in [2.05, 4.69) is 16.1 Å². The van der Waals surface area contributed by atoms with Crippen molar-refractivity contribution in [2.75, 3.05) is 25.0 Å². The molecule has 0 bridgehead atoms. The highest BCUT2D eigenvalue weighted by molar-refractivity contribution is 5.60. The number of nitro benzene ring substituents is 1. The molecular weight excluding hydrogens is 254 g/mol. The lowest BCUT2D eigenvalue weighted by atomic mass is 10.0. The van der Waals surface area contributed by atoms with Gasteiger partial charge in [-0.2, -0.15) is 0 Å². The van der Waals surface area contributed by atoms with Gasteiger partial charge in [0.1, 0.15) is 0 Å². The molecule has 0 aromatic heterocycles. The maximum Gasteiger partial charge on any atom is 0.274 e. The van der Waals surface area contributed by atoms with Crippen LogP contribution in [0.2, 0.25) is 0 Å². The van der Waals surface area contributed by atoms with Gasteiger partial charge < -0.3 is 5.32 Å². The minimum atomic E-state index is -0.337. The summed E-state index contributed by atoms with van der Waals surface area (Å²) in [7, 11) is 0. The Hall–Kier alpha value is -2.06. The molecule has 1 N–H and O–H groups in total. The van der Waals surface area contributed by atoms with E-state index >= 15 is 0 Å². The fraction of sp³-hybridized carbons (Fsp3) is 0.467. The van der Waals surface area contributed by atoms with E-state index in [4.69, 9.17) is 6.42 Å². The maximum atomic E-state index is 10.9. The third-order valence-corrected chi connectivity index (χ3v) is 3.76. The fourth-order valence-corrected chi connectivity index (χ4v) is 2.56. The van der Waals surface area contributed by atoms with Gasteiger partial charge in [-0.1, -0.05) is 12.0 Å². The molecule has 0 radical (unpaired) electrons. The van der Waals surface area contributed by atoms with E-state index < -0.39 is 0 Å². The molecule has 20 heavy (non-hydrogen) atoms. The summed E-state index contributed by atoms with van der Waals surface area (Å²) in [6.45, 7) is 4.42. The minimum absolute atomic E-state index is 0.166. The molecule has 1 fully saturated rings. The zero-order valence-corrected chi connectivity index (χ0v) is 11.6. The topological polar surface area (TPSA) is 58.4 Å². The molecule has 0 unspecified atom stereocenters. The van der Waals surface area contributed by atoms with E-state index in [0.717, 1.165) is 31.6 Å². The molecule has 1 aliphatic rings. The fourth-order valence-electron chi connectivity index (χ4n) is 2.56. The van der Waals surface area contributed by atoms with Gasteiger partial charge in [0.25, 0.3) is 5.69 Å². The Morgan fingerprint density at radius 3 is 2.80 bits per heavy atom. The van der Waals surface area contributed by atoms with Crippen molar-refractivity contribution in [3.8, 4) is 12.3 Å². The molecule has 1 aromatic rings. The molecule has 0 saturated carbocycles. The average Bonchev–Trinajstić information content (AvgIpc) is 2.43. The van der Waals surface area contributed by atoms with Crippen LogP contribution >= 0.6 is 0 Å². The van der Waals surface area contributed by atoms with E-state index in [0.29, 0.717) is 18.2 Å². The Balaban J connectivity index is 2.00. The smallest absolute Gasteiger partial charge is 0.274 e. The zero-order valence-electron chi connectivity index (χ0n) is 11.6. The largest absolute Gasteiger partial charge is 0.382 e. The monoisotopic (exact) mass is 273 g/mol. The first-order chi connectivity index (χ1) is 9.61. The molecule has 2 rings (SSSR count). The van der Waals surface area contributed by atoms with Crippen molar-refractivity contribution in [3.63, 3.8) is 0 Å². The van der Waals surface area contributed by atoms with Crippen LogP contribution in [0.15, 0.2) is 18.2 Å². The number of likely N-dealkylation sites (tertiary alicyclic amines) is 1. The van der Waals surface area contributed by atoms with Crippen LogP contribution in [0.4, 0.5) is 11.4 Å². The number of terminal acetylenes is 1. The number of piperidine rings is 1. The molecule has 0 aliphatic carbocycles. The van der Waals surface area contributed by atoms with E-state index in [1.807, 2.05) is 6.07 Å². The van der Waals surface area contributed by atoms with Crippen molar-refractivity contribution in [1.29, 1.82) is 0 Å². The molecule has 1 aliphatic heterocycles. The molecular formula is C15H19N3O2. The molecule has 0 spiro atoms. The average molecular weight is 273 g/mol. The number of nitrogens with zero attached hydrogens (tertiary/aromatic N) is 2. The predicted molar refractivity (Wildman–Crippen MR) is 79.8 cm³/mol. The first-order valence-corrected chi connectivity index (χ1v) is 6.78. The minimum Gasteiger partial charge on any atom is -0.382 e. The molecule has 5 heteroatoms. The third kappa shape index (κ3) is 3.28. The summed E-state index contributed by atoms with van der Waals surface area (Å²) in [5.41, 5.74) is 1.72. The third-order valence-electron chi connectivity index (χ3n) is 3.76. The van der Waals surface area contributed by atoms with Gasteiger partial charge in [0.05, 0.1) is 11.5 Å². The number of anilines is 1. The summed E-state index contributed by atoms with van der Waals surface area (Å²) in [6, 6.07) is 5.51. The second kappa shape index (κ2) is 6.40. The van der Waals surface area contributed by atoms with Gasteiger partial charge in [-0.05, 0) is 25.8 Å². The summed E-state index contributed by atoms with van der Waals surface area (Å²) in [4.78, 5) is 12.8. The van der Waals surface area contributed by atoms with Gasteiger partial charge in [0, 0.05) is 36.4 Å². The van der Waals surface area contributed by atoms with Gasteiger partial charge in [-0.3, -0.25) is 15.0 Å². The maximum absolute atomic E-state index is 10.9. The highest BCUT2D eigenvalue weighted by atomic mass is 16.6. The first-order valence-electron chi connectivity index (χ1n) is 6.78. The van der Waals surface area contributed by atoms with Crippen LogP contribution in [0, 0.1) is 29.4 Å². The summed E-state index contributed by atoms with van der Waals surface area (Å²) >= 11 is 0. The Kier molecular flexibility index (Phi) is 4.59.